The Morgan fingerprint density at radius 2 is 2.29 bits per heavy atom. The molecule has 1 N–H and O–H groups in total. The fourth-order valence-electron chi connectivity index (χ4n) is 2.06. The van der Waals surface area contributed by atoms with Crippen LogP contribution >= 0.6 is 34.3 Å². The van der Waals surface area contributed by atoms with E-state index in [1.165, 1.54) is 22.7 Å². The highest BCUT2D eigenvalue weighted by Crippen LogP contribution is 2.23. The number of methoxy groups -OCH3 is 1. The summed E-state index contributed by atoms with van der Waals surface area (Å²) in [5.74, 6) is -0.266. The second-order valence-corrected chi connectivity index (χ2v) is 7.45. The van der Waals surface area contributed by atoms with Crippen molar-refractivity contribution in [1.29, 1.82) is 0 Å². The zero-order chi connectivity index (χ0) is 16.9. The second kappa shape index (κ2) is 7.85. The lowest BCUT2D eigenvalue weighted by atomic mass is 10.1. The maximum absolute atomic E-state index is 12.2. The van der Waals surface area contributed by atoms with Crippen LogP contribution < -0.4 is 5.32 Å². The minimum Gasteiger partial charge on any atom is -0.378 e. The van der Waals surface area contributed by atoms with Gasteiger partial charge in [0.2, 0.25) is 0 Å². The number of carbonyl (C=O) groups excluding carboxylic acids is 1. The third-order valence-corrected chi connectivity index (χ3v) is 5.06. The highest BCUT2D eigenvalue weighted by atomic mass is 35.5. The average molecular weight is 380 g/mol. The number of halogens is 1. The molecule has 0 saturated heterocycles. The van der Waals surface area contributed by atoms with Gasteiger partial charge in [-0.1, -0.05) is 23.7 Å². The van der Waals surface area contributed by atoms with Crippen molar-refractivity contribution in [3.8, 4) is 0 Å². The first kappa shape index (κ1) is 17.0. The molecule has 124 valence electrons. The third-order valence-electron chi connectivity index (χ3n) is 3.09. The molecule has 0 aliphatic rings. The van der Waals surface area contributed by atoms with Crippen molar-refractivity contribution in [2.24, 2.45) is 0 Å². The predicted molar refractivity (Wildman–Crippen MR) is 97.2 cm³/mol. The number of ether oxygens (including phenoxy) is 1. The van der Waals surface area contributed by atoms with Gasteiger partial charge in [0.15, 0.2) is 5.13 Å². The van der Waals surface area contributed by atoms with Gasteiger partial charge in [0.05, 0.1) is 6.61 Å². The molecule has 3 aromatic rings. The van der Waals surface area contributed by atoms with Gasteiger partial charge < -0.3 is 4.74 Å². The fraction of sp³-hybridized carbons (Fsp3) is 0.188. The van der Waals surface area contributed by atoms with Crippen molar-refractivity contribution in [3.05, 3.63) is 62.0 Å². The van der Waals surface area contributed by atoms with Crippen LogP contribution in [0.15, 0.2) is 35.8 Å². The molecule has 1 amide bonds. The van der Waals surface area contributed by atoms with Crippen LogP contribution in [0.5, 0.6) is 0 Å². The smallest absolute Gasteiger partial charge is 0.276 e. The summed E-state index contributed by atoms with van der Waals surface area (Å²) in [6.45, 7) is 0.402. The monoisotopic (exact) mass is 379 g/mol. The van der Waals surface area contributed by atoms with Crippen molar-refractivity contribution in [1.82, 2.24) is 9.97 Å². The number of amides is 1. The summed E-state index contributed by atoms with van der Waals surface area (Å²) in [6.07, 6.45) is 2.49. The molecule has 8 heteroatoms. The Bertz CT molecular complexity index is 847. The molecular formula is C16H14ClN3O2S2. The van der Waals surface area contributed by atoms with Crippen molar-refractivity contribution in [3.63, 3.8) is 0 Å². The van der Waals surface area contributed by atoms with Crippen LogP contribution in [-0.4, -0.2) is 23.0 Å². The third kappa shape index (κ3) is 4.39. The van der Waals surface area contributed by atoms with E-state index in [-0.39, 0.29) is 5.91 Å². The lowest BCUT2D eigenvalue weighted by Crippen LogP contribution is -2.12. The van der Waals surface area contributed by atoms with Gasteiger partial charge in [0.25, 0.3) is 5.91 Å². The number of benzene rings is 1. The maximum atomic E-state index is 12.2. The van der Waals surface area contributed by atoms with Crippen molar-refractivity contribution in [2.75, 3.05) is 12.4 Å². The Kier molecular flexibility index (Phi) is 5.57. The number of thiazole rings is 2. The molecule has 3 rings (SSSR count). The summed E-state index contributed by atoms with van der Waals surface area (Å²) in [4.78, 5) is 21.7. The molecule has 24 heavy (non-hydrogen) atoms. The first-order chi connectivity index (χ1) is 11.6. The van der Waals surface area contributed by atoms with Gasteiger partial charge in [-0.2, -0.15) is 0 Å². The summed E-state index contributed by atoms with van der Waals surface area (Å²) in [5, 5.41) is 6.52. The lowest BCUT2D eigenvalue weighted by molar-refractivity contribution is 0.102. The molecule has 0 unspecified atom stereocenters. The van der Waals surface area contributed by atoms with Gasteiger partial charge in [0, 0.05) is 35.0 Å². The molecule has 0 saturated carbocycles. The van der Waals surface area contributed by atoms with E-state index in [2.05, 4.69) is 15.3 Å². The van der Waals surface area contributed by atoms with Gasteiger partial charge in [-0.3, -0.25) is 10.1 Å². The second-order valence-electron chi connectivity index (χ2n) is 4.95. The van der Waals surface area contributed by atoms with E-state index >= 15 is 0 Å². The molecule has 1 aromatic carbocycles. The Morgan fingerprint density at radius 1 is 1.42 bits per heavy atom. The molecule has 0 aliphatic heterocycles. The standard InChI is InChI=1S/C16H14ClN3O2S2/c1-22-8-14-19-13(9-23-14)15(21)20-16-18-7-12(24-16)6-10-3-2-4-11(17)5-10/h2-5,7,9H,6,8H2,1H3,(H,18,20,21). The first-order valence-electron chi connectivity index (χ1n) is 7.08. The van der Waals surface area contributed by atoms with E-state index in [1.807, 2.05) is 24.3 Å². The van der Waals surface area contributed by atoms with Crippen LogP contribution in [0.25, 0.3) is 0 Å². The van der Waals surface area contributed by atoms with Gasteiger partial charge in [-0.25, -0.2) is 9.97 Å². The Labute approximate surface area is 152 Å². The Hall–Kier alpha value is -1.80. The van der Waals surface area contributed by atoms with Gasteiger partial charge in [0.1, 0.15) is 10.7 Å². The van der Waals surface area contributed by atoms with Gasteiger partial charge >= 0.3 is 0 Å². The number of hydrogen-bond donors (Lipinski definition) is 1. The minimum absolute atomic E-state index is 0.266. The van der Waals surface area contributed by atoms with E-state index in [4.69, 9.17) is 16.3 Å². The summed E-state index contributed by atoms with van der Waals surface area (Å²) in [7, 11) is 1.60. The first-order valence-corrected chi connectivity index (χ1v) is 9.15. The fourth-order valence-corrected chi connectivity index (χ4v) is 3.86. The van der Waals surface area contributed by atoms with Crippen LogP contribution in [0.4, 0.5) is 5.13 Å². The molecule has 0 atom stereocenters. The van der Waals surface area contributed by atoms with Crippen molar-refractivity contribution >= 4 is 45.3 Å². The van der Waals surface area contributed by atoms with E-state index in [1.54, 1.807) is 18.7 Å². The van der Waals surface area contributed by atoms with Crippen molar-refractivity contribution in [2.45, 2.75) is 13.0 Å². The van der Waals surface area contributed by atoms with E-state index < -0.39 is 0 Å². The van der Waals surface area contributed by atoms with Gasteiger partial charge in [-0.05, 0) is 17.7 Å². The topological polar surface area (TPSA) is 64.1 Å². The van der Waals surface area contributed by atoms with Crippen molar-refractivity contribution < 1.29 is 9.53 Å². The highest BCUT2D eigenvalue weighted by molar-refractivity contribution is 7.15. The minimum atomic E-state index is -0.266. The zero-order valence-corrected chi connectivity index (χ0v) is 15.2. The Balaban J connectivity index is 1.63. The van der Waals surface area contributed by atoms with Gasteiger partial charge in [-0.15, -0.1) is 22.7 Å². The number of aromatic nitrogens is 2. The molecule has 0 radical (unpaired) electrons. The van der Waals surface area contributed by atoms with Crippen LogP contribution in [0.3, 0.4) is 0 Å². The Morgan fingerprint density at radius 3 is 3.08 bits per heavy atom. The summed E-state index contributed by atoms with van der Waals surface area (Å²) in [5.41, 5.74) is 1.48. The number of rotatable bonds is 6. The van der Waals surface area contributed by atoms with Crippen LogP contribution in [0, 0.1) is 0 Å². The van der Waals surface area contributed by atoms with E-state index in [0.717, 1.165) is 21.9 Å². The number of nitrogens with zero attached hydrogens (tertiary/aromatic N) is 2. The summed E-state index contributed by atoms with van der Waals surface area (Å²) >= 11 is 8.83. The van der Waals surface area contributed by atoms with E-state index in [9.17, 15) is 4.79 Å². The average Bonchev–Trinajstić information content (AvgIpc) is 3.17. The molecule has 2 heterocycles. The summed E-state index contributed by atoms with van der Waals surface area (Å²) < 4.78 is 5.00. The lowest BCUT2D eigenvalue weighted by Gasteiger charge is -1.99. The molecule has 0 bridgehead atoms. The van der Waals surface area contributed by atoms with Crippen LogP contribution in [0.1, 0.15) is 25.9 Å². The maximum Gasteiger partial charge on any atom is 0.276 e. The number of nitrogens with one attached hydrogen (secondary N) is 1. The number of hydrogen-bond acceptors (Lipinski definition) is 6. The molecule has 0 fully saturated rings. The molecular weight excluding hydrogens is 366 g/mol. The molecule has 5 nitrogen and oxygen atoms in total. The number of anilines is 1. The highest BCUT2D eigenvalue weighted by Gasteiger charge is 2.13. The quantitative estimate of drug-likeness (QED) is 0.695. The summed E-state index contributed by atoms with van der Waals surface area (Å²) in [6, 6.07) is 7.69. The molecule has 2 aromatic heterocycles. The largest absolute Gasteiger partial charge is 0.378 e. The van der Waals surface area contributed by atoms with E-state index in [0.29, 0.717) is 22.5 Å². The normalized spacial score (nSPS) is 10.8. The van der Waals surface area contributed by atoms with Crippen LogP contribution in [-0.2, 0) is 17.8 Å². The molecule has 0 spiro atoms. The molecule has 0 aliphatic carbocycles. The zero-order valence-electron chi connectivity index (χ0n) is 12.8. The van der Waals surface area contributed by atoms with Crippen LogP contribution in [0.2, 0.25) is 5.02 Å². The predicted octanol–water partition coefficient (Wildman–Crippen LogP) is 4.24. The SMILES string of the molecule is COCc1nc(C(=O)Nc2ncc(Cc3cccc(Cl)c3)s2)cs1. The number of carbonyl (C=O) groups is 1.